The van der Waals surface area contributed by atoms with Crippen molar-refractivity contribution in [2.75, 3.05) is 0 Å². The zero-order valence-electron chi connectivity index (χ0n) is 71.9. The summed E-state index contributed by atoms with van der Waals surface area (Å²) in [6.07, 6.45) is 0. The standard InChI is InChI=1S/C46H36.C42H34.C38H24/c1-46(2,3)39-24-25-42-43(30-39)45(38-28-36(31-14-6-4-7-15-31)27-37(29-38)32-16-8-5-9-17-32)41-21-13-12-20-40(41)44(42)35-23-22-33-18-10-11-19-34(33)26-35;1-42(2,3)35-25-26-38-39(28-35)40(32-23-21-31(22-24-32)29-13-6-4-7-14-29)36-19-10-11-20-37(36)41(38)34-18-12-17-33(27-34)30-15-8-5-9-16-30;1-2-12-26-23-28(22-21-25(26)11-1)37-32-17-7-9-19-34(32)38(35-20-10-8-18-33(35)37)36-24-27-13-3-4-14-29(27)30-15-5-6-16-31(30)36/h4-30H,1-3H3;4-28H,1-3H3;1-24H. The van der Waals surface area contributed by atoms with Gasteiger partial charge in [-0.25, -0.2) is 0 Å². The third kappa shape index (κ3) is 14.7. The molecule has 0 heterocycles. The van der Waals surface area contributed by atoms with E-state index in [1.54, 1.807) is 0 Å². The van der Waals surface area contributed by atoms with Gasteiger partial charge in [0.1, 0.15) is 0 Å². The quantitative estimate of drug-likeness (QED) is 0.0946. The fourth-order valence-corrected chi connectivity index (χ4v) is 19.5. The van der Waals surface area contributed by atoms with Gasteiger partial charge in [0.15, 0.2) is 0 Å². The molecule has 0 nitrogen and oxygen atoms in total. The minimum atomic E-state index is 0.0152. The molecule has 0 aliphatic carbocycles. The predicted molar refractivity (Wildman–Crippen MR) is 546 cm³/mol. The van der Waals surface area contributed by atoms with E-state index in [2.05, 4.69) is 503 Å². The van der Waals surface area contributed by atoms with Gasteiger partial charge in [-0.1, -0.05) is 448 Å². The lowest BCUT2D eigenvalue weighted by atomic mass is 9.80. The van der Waals surface area contributed by atoms with Crippen molar-refractivity contribution in [3.05, 3.63) is 472 Å². The number of hydrogen-bond donors (Lipinski definition) is 0. The first-order chi connectivity index (χ1) is 61.8. The van der Waals surface area contributed by atoms with Crippen molar-refractivity contribution in [1.29, 1.82) is 0 Å². The lowest BCUT2D eigenvalue weighted by Crippen LogP contribution is -2.10. The van der Waals surface area contributed by atoms with Gasteiger partial charge >= 0.3 is 0 Å². The van der Waals surface area contributed by atoms with E-state index in [1.807, 2.05) is 0 Å². The second kappa shape index (κ2) is 32.8. The van der Waals surface area contributed by atoms with Gasteiger partial charge in [-0.15, -0.1) is 0 Å². The molecule has 598 valence electrons. The van der Waals surface area contributed by atoms with E-state index in [0.717, 1.165) is 0 Å². The Morgan fingerprint density at radius 1 is 0.119 bits per heavy atom. The van der Waals surface area contributed by atoms with E-state index >= 15 is 0 Å². The summed E-state index contributed by atoms with van der Waals surface area (Å²) in [5.41, 5.74) is 27.9. The molecular weight excluding hydrogens is 1510 g/mol. The first-order valence-corrected chi connectivity index (χ1v) is 44.2. The van der Waals surface area contributed by atoms with E-state index in [1.165, 1.54) is 230 Å². The molecule has 0 bridgehead atoms. The summed E-state index contributed by atoms with van der Waals surface area (Å²) in [7, 11) is 0. The molecule has 0 saturated carbocycles. The Kier molecular flexibility index (Phi) is 20.3. The van der Waals surface area contributed by atoms with Gasteiger partial charge in [-0.05, 0) is 296 Å². The Balaban J connectivity index is 0.000000116. The van der Waals surface area contributed by atoms with Crippen LogP contribution in [0.5, 0.6) is 0 Å². The Morgan fingerprint density at radius 2 is 0.381 bits per heavy atom. The fourth-order valence-electron chi connectivity index (χ4n) is 19.5. The van der Waals surface area contributed by atoms with Crippen LogP contribution in [0.4, 0.5) is 0 Å². The van der Waals surface area contributed by atoms with E-state index in [4.69, 9.17) is 0 Å². The molecule has 0 radical (unpaired) electrons. The normalized spacial score (nSPS) is 11.7. The van der Waals surface area contributed by atoms with E-state index in [0.29, 0.717) is 0 Å². The minimum Gasteiger partial charge on any atom is -0.0622 e. The lowest BCUT2D eigenvalue weighted by molar-refractivity contribution is 0.591. The molecular formula is C126H94. The van der Waals surface area contributed by atoms with Crippen molar-refractivity contribution >= 4 is 108 Å². The first kappa shape index (κ1) is 77.9. The first-order valence-electron chi connectivity index (χ1n) is 44.2. The molecule has 0 aliphatic heterocycles. The van der Waals surface area contributed by atoms with Crippen LogP contribution in [-0.2, 0) is 10.8 Å². The highest BCUT2D eigenvalue weighted by molar-refractivity contribution is 6.27. The van der Waals surface area contributed by atoms with Crippen LogP contribution in [0.15, 0.2) is 461 Å². The largest absolute Gasteiger partial charge is 0.0622 e. The second-order valence-corrected chi connectivity index (χ2v) is 35.7. The van der Waals surface area contributed by atoms with Gasteiger partial charge in [0.2, 0.25) is 0 Å². The Labute approximate surface area is 738 Å². The van der Waals surface area contributed by atoms with E-state index in [-0.39, 0.29) is 10.8 Å². The summed E-state index contributed by atoms with van der Waals surface area (Å²) < 4.78 is 0. The van der Waals surface area contributed by atoms with Crippen LogP contribution in [0, 0.1) is 0 Å². The molecule has 0 saturated heterocycles. The maximum atomic E-state index is 2.46. The van der Waals surface area contributed by atoms with Crippen molar-refractivity contribution < 1.29 is 0 Å². The summed E-state index contributed by atoms with van der Waals surface area (Å²) in [6.45, 7) is 13.8. The molecule has 0 N–H and O–H groups in total. The highest BCUT2D eigenvalue weighted by atomic mass is 14.3. The molecule has 23 aromatic carbocycles. The predicted octanol–water partition coefficient (Wildman–Crippen LogP) is 35.9. The smallest absolute Gasteiger partial charge is 0.00199 e. The zero-order valence-corrected chi connectivity index (χ0v) is 71.9. The van der Waals surface area contributed by atoms with Crippen LogP contribution in [0.2, 0.25) is 0 Å². The van der Waals surface area contributed by atoms with Crippen molar-refractivity contribution in [1.82, 2.24) is 0 Å². The third-order valence-corrected chi connectivity index (χ3v) is 25.8. The number of hydrogen-bond acceptors (Lipinski definition) is 0. The highest BCUT2D eigenvalue weighted by Gasteiger charge is 2.26. The van der Waals surface area contributed by atoms with E-state index < -0.39 is 0 Å². The van der Waals surface area contributed by atoms with Crippen LogP contribution in [0.1, 0.15) is 52.7 Å². The Hall–Kier alpha value is -15.3. The average Bonchev–Trinajstić information content (AvgIpc) is 0.732. The van der Waals surface area contributed by atoms with Crippen molar-refractivity contribution in [2.45, 2.75) is 52.4 Å². The lowest BCUT2D eigenvalue weighted by Gasteiger charge is -2.23. The highest BCUT2D eigenvalue weighted by Crippen LogP contribution is 2.52. The van der Waals surface area contributed by atoms with Crippen molar-refractivity contribution in [3.63, 3.8) is 0 Å². The van der Waals surface area contributed by atoms with Gasteiger partial charge in [0, 0.05) is 0 Å². The summed E-state index contributed by atoms with van der Waals surface area (Å²) in [5.74, 6) is 0. The minimum absolute atomic E-state index is 0.0152. The molecule has 0 spiro atoms. The van der Waals surface area contributed by atoms with Gasteiger partial charge in [0.05, 0.1) is 0 Å². The van der Waals surface area contributed by atoms with Crippen molar-refractivity contribution in [3.8, 4) is 111 Å². The van der Waals surface area contributed by atoms with Gasteiger partial charge in [-0.2, -0.15) is 0 Å². The van der Waals surface area contributed by atoms with Gasteiger partial charge in [-0.3, -0.25) is 0 Å². The number of fused-ring (bicyclic) bond motifs is 11. The molecule has 23 aromatic rings. The maximum Gasteiger partial charge on any atom is -0.00199 e. The van der Waals surface area contributed by atoms with Crippen LogP contribution in [0.25, 0.3) is 219 Å². The fraction of sp³-hybridized carbons (Fsp3) is 0.0635. The van der Waals surface area contributed by atoms with E-state index in [9.17, 15) is 0 Å². The van der Waals surface area contributed by atoms with Gasteiger partial charge < -0.3 is 0 Å². The maximum absolute atomic E-state index is 2.46. The van der Waals surface area contributed by atoms with Crippen LogP contribution in [-0.4, -0.2) is 0 Å². The molecule has 0 unspecified atom stereocenters. The second-order valence-electron chi connectivity index (χ2n) is 35.7. The van der Waals surface area contributed by atoms with Crippen molar-refractivity contribution in [2.24, 2.45) is 0 Å². The molecule has 0 amide bonds. The summed E-state index contributed by atoms with van der Waals surface area (Å²) >= 11 is 0. The third-order valence-electron chi connectivity index (χ3n) is 25.8. The molecule has 0 aliphatic rings. The SMILES string of the molecule is CC(C)(C)c1ccc2c(-c3ccc4ccccc4c3)c3ccccc3c(-c3cc(-c4ccccc4)cc(-c4ccccc4)c3)c2c1.CC(C)(C)c1ccc2c(-c3cccc(-c4ccccc4)c3)c3ccccc3c(-c3ccc(-c4ccccc4)cc3)c2c1.c1ccc2cc(-c3c4ccccc4c(-c4cc5ccccc5c5ccccc45)c4ccccc34)ccc2c1. The number of benzene rings is 23. The Morgan fingerprint density at radius 3 is 0.802 bits per heavy atom. The molecule has 0 heteroatoms. The van der Waals surface area contributed by atoms with Crippen LogP contribution in [0.3, 0.4) is 0 Å². The molecule has 0 atom stereocenters. The molecule has 0 aromatic heterocycles. The topological polar surface area (TPSA) is 0 Å². The molecule has 23 rings (SSSR count). The summed E-state index contributed by atoms with van der Waals surface area (Å²) in [6, 6.07) is 169. The molecule has 0 fully saturated rings. The summed E-state index contributed by atoms with van der Waals surface area (Å²) in [5, 5.41) is 25.6. The zero-order chi connectivity index (χ0) is 85.0. The van der Waals surface area contributed by atoms with Crippen LogP contribution >= 0.6 is 0 Å². The number of rotatable bonds is 10. The Bertz CT molecular complexity index is 7990. The summed E-state index contributed by atoms with van der Waals surface area (Å²) in [4.78, 5) is 0. The molecule has 126 heavy (non-hydrogen) atoms. The van der Waals surface area contributed by atoms with Gasteiger partial charge in [0.25, 0.3) is 0 Å². The average molecular weight is 1610 g/mol. The monoisotopic (exact) mass is 1610 g/mol. The van der Waals surface area contributed by atoms with Crippen LogP contribution < -0.4 is 0 Å².